The molecular formula is C11H12F2N6O3. The standard InChI is InChI=1S/C11H12F2N6O3/c12-11(13)7(21)4(20)1-22-10(11)19-9-6-5(15-3-18-9)8(14)17-2-16-6/h2-4,7,10,20-21H,1H2,(H2,14,16,17)(H,15,18,19)/t4-,7-,10-/m1/s1. The average molecular weight is 314 g/mol. The molecule has 2 aromatic heterocycles. The molecule has 0 bridgehead atoms. The molecule has 5 N–H and O–H groups in total. The maximum atomic E-state index is 14.0. The Morgan fingerprint density at radius 3 is 2.64 bits per heavy atom. The molecule has 11 heteroatoms. The first-order chi connectivity index (χ1) is 10.4. The Morgan fingerprint density at radius 2 is 1.86 bits per heavy atom. The monoisotopic (exact) mass is 314 g/mol. The Morgan fingerprint density at radius 1 is 1.18 bits per heavy atom. The van der Waals surface area contributed by atoms with Crippen LogP contribution in [0.1, 0.15) is 0 Å². The van der Waals surface area contributed by atoms with E-state index in [1.165, 1.54) is 0 Å². The molecule has 0 spiro atoms. The van der Waals surface area contributed by atoms with Crippen LogP contribution in [0.4, 0.5) is 20.4 Å². The molecule has 1 aliphatic rings. The molecule has 3 heterocycles. The lowest BCUT2D eigenvalue weighted by molar-refractivity contribution is -0.255. The van der Waals surface area contributed by atoms with Crippen molar-refractivity contribution >= 4 is 22.7 Å². The van der Waals surface area contributed by atoms with Crippen molar-refractivity contribution in [2.75, 3.05) is 17.7 Å². The molecule has 0 aromatic carbocycles. The number of ether oxygens (including phenoxy) is 1. The fourth-order valence-corrected chi connectivity index (χ4v) is 2.07. The van der Waals surface area contributed by atoms with Gasteiger partial charge in [-0.15, -0.1) is 0 Å². The van der Waals surface area contributed by atoms with Crippen LogP contribution in [-0.4, -0.2) is 61.1 Å². The Hall–Kier alpha value is -2.24. The quantitative estimate of drug-likeness (QED) is 0.556. The van der Waals surface area contributed by atoms with Crippen LogP contribution in [0.25, 0.3) is 11.0 Å². The highest BCUT2D eigenvalue weighted by Crippen LogP contribution is 2.33. The van der Waals surface area contributed by atoms with Crippen LogP contribution in [0.2, 0.25) is 0 Å². The van der Waals surface area contributed by atoms with Gasteiger partial charge in [-0.2, -0.15) is 8.78 Å². The fourth-order valence-electron chi connectivity index (χ4n) is 2.07. The van der Waals surface area contributed by atoms with E-state index in [1.807, 2.05) is 0 Å². The van der Waals surface area contributed by atoms with E-state index in [9.17, 15) is 19.0 Å². The third-order valence-corrected chi connectivity index (χ3v) is 3.26. The average Bonchev–Trinajstić information content (AvgIpc) is 2.49. The highest BCUT2D eigenvalue weighted by atomic mass is 19.3. The summed E-state index contributed by atoms with van der Waals surface area (Å²) in [5.41, 5.74) is 5.96. The number of hydrogen-bond acceptors (Lipinski definition) is 9. The number of alkyl halides is 2. The number of fused-ring (bicyclic) bond motifs is 1. The molecule has 0 amide bonds. The minimum absolute atomic E-state index is 0.0487. The van der Waals surface area contributed by atoms with Gasteiger partial charge in [-0.25, -0.2) is 19.9 Å². The summed E-state index contributed by atoms with van der Waals surface area (Å²) in [7, 11) is 0. The lowest BCUT2D eigenvalue weighted by atomic mass is 10.0. The molecule has 1 aliphatic heterocycles. The number of nitrogen functional groups attached to an aromatic ring is 1. The van der Waals surface area contributed by atoms with Crippen LogP contribution in [0, 0.1) is 0 Å². The summed E-state index contributed by atoms with van der Waals surface area (Å²) in [6, 6.07) is 0. The summed E-state index contributed by atoms with van der Waals surface area (Å²) in [6.45, 7) is -0.450. The minimum atomic E-state index is -3.73. The predicted octanol–water partition coefficient (Wildman–Crippen LogP) is -0.873. The fraction of sp³-hybridized carbons (Fsp3) is 0.455. The first-order valence-electron chi connectivity index (χ1n) is 6.24. The molecule has 9 nitrogen and oxygen atoms in total. The SMILES string of the molecule is Nc1ncnc2c(N[C@@H]3OC[C@@H](O)[C@@H](O)C3(F)F)ncnc12. The Kier molecular flexibility index (Phi) is 3.47. The van der Waals surface area contributed by atoms with Gasteiger partial charge in [-0.05, 0) is 0 Å². The number of aromatic nitrogens is 4. The number of aliphatic hydroxyl groups is 2. The van der Waals surface area contributed by atoms with Gasteiger partial charge in [-0.1, -0.05) is 0 Å². The highest BCUT2D eigenvalue weighted by molar-refractivity contribution is 5.91. The largest absolute Gasteiger partial charge is 0.388 e. The number of aliphatic hydroxyl groups excluding tert-OH is 2. The van der Waals surface area contributed by atoms with Crippen molar-refractivity contribution in [3.05, 3.63) is 12.7 Å². The van der Waals surface area contributed by atoms with Crippen molar-refractivity contribution in [2.45, 2.75) is 24.4 Å². The Labute approximate surface area is 122 Å². The first kappa shape index (κ1) is 14.7. The second kappa shape index (κ2) is 5.19. The summed E-state index contributed by atoms with van der Waals surface area (Å²) in [5, 5.41) is 21.0. The molecule has 0 saturated carbocycles. The van der Waals surface area contributed by atoms with Crippen LogP contribution < -0.4 is 11.1 Å². The first-order valence-corrected chi connectivity index (χ1v) is 6.24. The minimum Gasteiger partial charge on any atom is -0.388 e. The van der Waals surface area contributed by atoms with E-state index in [4.69, 9.17) is 10.5 Å². The van der Waals surface area contributed by atoms with Crippen LogP contribution >= 0.6 is 0 Å². The molecule has 0 aliphatic carbocycles. The van der Waals surface area contributed by atoms with Crippen molar-refractivity contribution in [1.82, 2.24) is 19.9 Å². The molecule has 0 radical (unpaired) electrons. The number of hydrogen-bond donors (Lipinski definition) is 4. The molecular weight excluding hydrogens is 302 g/mol. The van der Waals surface area contributed by atoms with E-state index >= 15 is 0 Å². The zero-order valence-electron chi connectivity index (χ0n) is 11.0. The summed E-state index contributed by atoms with van der Waals surface area (Å²) in [4.78, 5) is 15.3. The smallest absolute Gasteiger partial charge is 0.319 e. The van der Waals surface area contributed by atoms with E-state index in [-0.39, 0.29) is 22.7 Å². The molecule has 0 unspecified atom stereocenters. The van der Waals surface area contributed by atoms with Crippen molar-refractivity contribution in [1.29, 1.82) is 0 Å². The zero-order chi connectivity index (χ0) is 15.9. The molecule has 118 valence electrons. The predicted molar refractivity (Wildman–Crippen MR) is 69.9 cm³/mol. The van der Waals surface area contributed by atoms with Crippen molar-refractivity contribution in [3.63, 3.8) is 0 Å². The van der Waals surface area contributed by atoms with Gasteiger partial charge < -0.3 is 26.0 Å². The molecule has 3 rings (SSSR count). The second-order valence-corrected chi connectivity index (χ2v) is 4.72. The lowest BCUT2D eigenvalue weighted by Gasteiger charge is -2.38. The van der Waals surface area contributed by atoms with E-state index in [2.05, 4.69) is 25.3 Å². The highest BCUT2D eigenvalue weighted by Gasteiger charge is 2.54. The second-order valence-electron chi connectivity index (χ2n) is 4.72. The molecule has 2 aromatic rings. The molecule has 3 atom stereocenters. The van der Waals surface area contributed by atoms with E-state index in [0.29, 0.717) is 0 Å². The van der Waals surface area contributed by atoms with E-state index < -0.39 is 31.0 Å². The van der Waals surface area contributed by atoms with Gasteiger partial charge in [0.15, 0.2) is 24.0 Å². The van der Waals surface area contributed by atoms with Gasteiger partial charge in [0, 0.05) is 0 Å². The number of nitrogens with one attached hydrogen (secondary N) is 1. The summed E-state index contributed by atoms with van der Waals surface area (Å²) in [6.07, 6.45) is -3.57. The van der Waals surface area contributed by atoms with E-state index in [1.54, 1.807) is 0 Å². The number of anilines is 2. The third kappa shape index (κ3) is 2.28. The van der Waals surface area contributed by atoms with Gasteiger partial charge >= 0.3 is 5.92 Å². The van der Waals surface area contributed by atoms with Crippen molar-refractivity contribution < 1.29 is 23.7 Å². The normalized spacial score (nSPS) is 27.7. The molecule has 22 heavy (non-hydrogen) atoms. The topological polar surface area (TPSA) is 139 Å². The van der Waals surface area contributed by atoms with Gasteiger partial charge in [-0.3, -0.25) is 0 Å². The van der Waals surface area contributed by atoms with Gasteiger partial charge in [0.1, 0.15) is 29.8 Å². The number of rotatable bonds is 2. The van der Waals surface area contributed by atoms with Gasteiger partial charge in [0.25, 0.3) is 0 Å². The van der Waals surface area contributed by atoms with Gasteiger partial charge in [0.05, 0.1) is 6.61 Å². The Bertz CT molecular complexity index is 703. The van der Waals surface area contributed by atoms with Crippen LogP contribution in [-0.2, 0) is 4.74 Å². The van der Waals surface area contributed by atoms with Crippen molar-refractivity contribution in [3.8, 4) is 0 Å². The van der Waals surface area contributed by atoms with Crippen LogP contribution in [0.3, 0.4) is 0 Å². The maximum Gasteiger partial charge on any atom is 0.319 e. The Balaban J connectivity index is 1.95. The number of halogens is 2. The number of nitrogens with zero attached hydrogens (tertiary/aromatic N) is 4. The number of nitrogens with two attached hydrogens (primary N) is 1. The lowest BCUT2D eigenvalue weighted by Crippen LogP contribution is -2.60. The van der Waals surface area contributed by atoms with E-state index in [0.717, 1.165) is 12.7 Å². The third-order valence-electron chi connectivity index (χ3n) is 3.26. The van der Waals surface area contributed by atoms with Gasteiger partial charge in [0.2, 0.25) is 0 Å². The van der Waals surface area contributed by atoms with Crippen LogP contribution in [0.15, 0.2) is 12.7 Å². The summed E-state index contributed by atoms with van der Waals surface area (Å²) >= 11 is 0. The zero-order valence-corrected chi connectivity index (χ0v) is 11.0. The van der Waals surface area contributed by atoms with Crippen LogP contribution in [0.5, 0.6) is 0 Å². The summed E-state index contributed by atoms with van der Waals surface area (Å²) < 4.78 is 32.8. The van der Waals surface area contributed by atoms with Crippen molar-refractivity contribution in [2.24, 2.45) is 0 Å². The maximum absolute atomic E-state index is 14.0. The summed E-state index contributed by atoms with van der Waals surface area (Å²) in [5.74, 6) is -3.71. The molecule has 1 fully saturated rings. The molecule has 1 saturated heterocycles.